The lowest BCUT2D eigenvalue weighted by molar-refractivity contribution is 0.240. The van der Waals surface area contributed by atoms with Crippen LogP contribution in [-0.4, -0.2) is 26.3 Å². The second kappa shape index (κ2) is 9.69. The monoisotopic (exact) mass is 361 g/mol. The van der Waals surface area contributed by atoms with Gasteiger partial charge >= 0.3 is 0 Å². The van der Waals surface area contributed by atoms with Crippen LogP contribution in [0.2, 0.25) is 0 Å². The zero-order chi connectivity index (χ0) is 16.8. The maximum Gasteiger partial charge on any atom is 0.118 e. The lowest BCUT2D eigenvalue weighted by Gasteiger charge is -2.37. The molecule has 1 heterocycles. The molecule has 0 radical (unpaired) electrons. The van der Waals surface area contributed by atoms with Crippen molar-refractivity contribution < 1.29 is 9.47 Å². The Hall–Kier alpha value is -1.71. The molecule has 1 fully saturated rings. The molecule has 0 aromatic heterocycles. The van der Waals surface area contributed by atoms with E-state index in [0.717, 1.165) is 24.3 Å². The van der Waals surface area contributed by atoms with E-state index >= 15 is 0 Å². The third-order valence-electron chi connectivity index (χ3n) is 4.92. The number of aryl methyl sites for hydroxylation is 2. The van der Waals surface area contributed by atoms with E-state index in [1.807, 2.05) is 24.3 Å². The molecule has 25 heavy (non-hydrogen) atoms. The molecular weight excluding hydrogens is 334 g/mol. The summed E-state index contributed by atoms with van der Waals surface area (Å²) in [6.07, 6.45) is 5.99. The number of rotatable bonds is 8. The fourth-order valence-corrected chi connectivity index (χ4v) is 3.32. The van der Waals surface area contributed by atoms with Crippen LogP contribution in [0, 0.1) is 0 Å². The second-order valence-corrected chi connectivity index (χ2v) is 6.57. The average Bonchev–Trinajstić information content (AvgIpc) is 2.61. The molecule has 136 valence electrons. The van der Waals surface area contributed by atoms with Gasteiger partial charge in [-0.1, -0.05) is 24.3 Å². The SMILES string of the molecule is COc1ccc(CC[C@@H]2C[C@@H](CCc3ccc(OC)cc3)N2)cc1.Cl. The lowest BCUT2D eigenvalue weighted by atomic mass is 9.88. The third kappa shape index (κ3) is 5.65. The molecule has 0 amide bonds. The van der Waals surface area contributed by atoms with Gasteiger partial charge in [-0.2, -0.15) is 0 Å². The molecule has 1 N–H and O–H groups in total. The minimum absolute atomic E-state index is 0. The first-order valence-electron chi connectivity index (χ1n) is 8.78. The van der Waals surface area contributed by atoms with Gasteiger partial charge in [0.15, 0.2) is 0 Å². The van der Waals surface area contributed by atoms with Crippen LogP contribution in [0.3, 0.4) is 0 Å². The molecular formula is C21H28ClNO2. The molecule has 0 bridgehead atoms. The molecule has 4 heteroatoms. The molecule has 3 nitrogen and oxygen atoms in total. The highest BCUT2D eigenvalue weighted by molar-refractivity contribution is 5.85. The number of nitrogens with one attached hydrogen (secondary N) is 1. The first-order valence-corrected chi connectivity index (χ1v) is 8.78. The van der Waals surface area contributed by atoms with Gasteiger partial charge in [0.1, 0.15) is 11.5 Å². The summed E-state index contributed by atoms with van der Waals surface area (Å²) in [4.78, 5) is 0. The summed E-state index contributed by atoms with van der Waals surface area (Å²) in [5.41, 5.74) is 2.78. The summed E-state index contributed by atoms with van der Waals surface area (Å²) >= 11 is 0. The van der Waals surface area contributed by atoms with Crippen LogP contribution in [0.25, 0.3) is 0 Å². The maximum absolute atomic E-state index is 5.20. The van der Waals surface area contributed by atoms with E-state index in [9.17, 15) is 0 Å². The van der Waals surface area contributed by atoms with Gasteiger partial charge in [0.05, 0.1) is 14.2 Å². The summed E-state index contributed by atoms with van der Waals surface area (Å²) in [6.45, 7) is 0. The van der Waals surface area contributed by atoms with Gasteiger partial charge in [-0.25, -0.2) is 0 Å². The van der Waals surface area contributed by atoms with Crippen molar-refractivity contribution in [2.45, 2.75) is 44.2 Å². The fourth-order valence-electron chi connectivity index (χ4n) is 3.32. The minimum Gasteiger partial charge on any atom is -0.497 e. The van der Waals surface area contributed by atoms with Gasteiger partial charge in [0.25, 0.3) is 0 Å². The normalized spacial score (nSPS) is 18.8. The molecule has 3 rings (SSSR count). The predicted molar refractivity (Wildman–Crippen MR) is 105 cm³/mol. The molecule has 2 aromatic carbocycles. The van der Waals surface area contributed by atoms with E-state index in [2.05, 4.69) is 29.6 Å². The van der Waals surface area contributed by atoms with Crippen molar-refractivity contribution in [3.05, 3.63) is 59.7 Å². The minimum atomic E-state index is 0. The van der Waals surface area contributed by atoms with Crippen molar-refractivity contribution >= 4 is 12.4 Å². The number of hydrogen-bond donors (Lipinski definition) is 1. The van der Waals surface area contributed by atoms with E-state index in [0.29, 0.717) is 12.1 Å². The highest BCUT2D eigenvalue weighted by Crippen LogP contribution is 2.22. The number of hydrogen-bond acceptors (Lipinski definition) is 3. The van der Waals surface area contributed by atoms with Crippen LogP contribution in [-0.2, 0) is 12.8 Å². The van der Waals surface area contributed by atoms with Crippen molar-refractivity contribution in [1.82, 2.24) is 5.32 Å². The van der Waals surface area contributed by atoms with Gasteiger partial charge in [-0.05, 0) is 67.5 Å². The van der Waals surface area contributed by atoms with Gasteiger partial charge in [0.2, 0.25) is 0 Å². The lowest BCUT2D eigenvalue weighted by Crippen LogP contribution is -2.52. The van der Waals surface area contributed by atoms with E-state index in [1.54, 1.807) is 14.2 Å². The summed E-state index contributed by atoms with van der Waals surface area (Å²) in [5.74, 6) is 1.86. The zero-order valence-corrected chi connectivity index (χ0v) is 15.9. The Morgan fingerprint density at radius 2 is 1.12 bits per heavy atom. The Kier molecular flexibility index (Phi) is 7.60. The molecule has 0 saturated carbocycles. The first-order chi connectivity index (χ1) is 11.8. The van der Waals surface area contributed by atoms with Crippen molar-refractivity contribution in [3.63, 3.8) is 0 Å². The molecule has 0 aliphatic carbocycles. The average molecular weight is 362 g/mol. The smallest absolute Gasteiger partial charge is 0.118 e. The van der Waals surface area contributed by atoms with E-state index in [1.165, 1.54) is 30.4 Å². The molecule has 1 aliphatic rings. The zero-order valence-electron chi connectivity index (χ0n) is 15.0. The van der Waals surface area contributed by atoms with Crippen LogP contribution in [0.15, 0.2) is 48.5 Å². The quantitative estimate of drug-likeness (QED) is 0.754. The van der Waals surface area contributed by atoms with Crippen LogP contribution < -0.4 is 14.8 Å². The highest BCUT2D eigenvalue weighted by Gasteiger charge is 2.26. The van der Waals surface area contributed by atoms with Crippen LogP contribution in [0.5, 0.6) is 11.5 Å². The largest absolute Gasteiger partial charge is 0.497 e. The molecule has 0 unspecified atom stereocenters. The Morgan fingerprint density at radius 3 is 1.44 bits per heavy atom. The van der Waals surface area contributed by atoms with Crippen LogP contribution >= 0.6 is 12.4 Å². The van der Waals surface area contributed by atoms with Crippen molar-refractivity contribution in [2.75, 3.05) is 14.2 Å². The number of halogens is 1. The van der Waals surface area contributed by atoms with Crippen molar-refractivity contribution in [1.29, 1.82) is 0 Å². The maximum atomic E-state index is 5.20. The Balaban J connectivity index is 0.00000225. The molecule has 1 saturated heterocycles. The Bertz CT molecular complexity index is 566. The topological polar surface area (TPSA) is 30.5 Å². The summed E-state index contributed by atoms with van der Waals surface area (Å²) in [6, 6.07) is 18.2. The first kappa shape index (κ1) is 19.6. The standard InChI is InChI=1S/C21H27NO2.ClH/c1-23-20-11-5-16(6-12-20)3-9-18-15-19(22-18)10-4-17-7-13-21(24-2)14-8-17;/h5-8,11-14,18-19,22H,3-4,9-10,15H2,1-2H3;1H/t18-,19-;/m1./s1. The van der Waals surface area contributed by atoms with Crippen LogP contribution in [0.1, 0.15) is 30.4 Å². The van der Waals surface area contributed by atoms with Crippen LogP contribution in [0.4, 0.5) is 0 Å². The number of methoxy groups -OCH3 is 2. The van der Waals surface area contributed by atoms with Gasteiger partial charge in [0, 0.05) is 12.1 Å². The van der Waals surface area contributed by atoms with Crippen molar-refractivity contribution in [3.8, 4) is 11.5 Å². The Morgan fingerprint density at radius 1 is 0.760 bits per heavy atom. The molecule has 2 atom stereocenters. The summed E-state index contributed by atoms with van der Waals surface area (Å²) in [5, 5.41) is 3.72. The van der Waals surface area contributed by atoms with E-state index < -0.39 is 0 Å². The van der Waals surface area contributed by atoms with E-state index in [4.69, 9.17) is 9.47 Å². The third-order valence-corrected chi connectivity index (χ3v) is 4.92. The molecule has 1 aliphatic heterocycles. The number of benzene rings is 2. The number of ether oxygens (including phenoxy) is 2. The van der Waals surface area contributed by atoms with E-state index in [-0.39, 0.29) is 12.4 Å². The van der Waals surface area contributed by atoms with Crippen molar-refractivity contribution in [2.24, 2.45) is 0 Å². The predicted octanol–water partition coefficient (Wildman–Crippen LogP) is 4.42. The van der Waals surface area contributed by atoms with Gasteiger partial charge in [-0.15, -0.1) is 12.4 Å². The summed E-state index contributed by atoms with van der Waals surface area (Å²) < 4.78 is 10.4. The second-order valence-electron chi connectivity index (χ2n) is 6.57. The van der Waals surface area contributed by atoms with Gasteiger partial charge < -0.3 is 14.8 Å². The molecule has 2 aromatic rings. The Labute approximate surface area is 157 Å². The fraction of sp³-hybridized carbons (Fsp3) is 0.429. The highest BCUT2D eigenvalue weighted by atomic mass is 35.5. The molecule has 0 spiro atoms. The summed E-state index contributed by atoms with van der Waals surface area (Å²) in [7, 11) is 3.42. The van der Waals surface area contributed by atoms with Gasteiger partial charge in [-0.3, -0.25) is 0 Å².